The van der Waals surface area contributed by atoms with Crippen molar-refractivity contribution in [2.45, 2.75) is 38.5 Å². The Morgan fingerprint density at radius 2 is 2.37 bits per heavy atom. The van der Waals surface area contributed by atoms with Crippen LogP contribution in [0.25, 0.3) is 0 Å². The molecule has 102 valence electrons. The lowest BCUT2D eigenvalue weighted by Crippen LogP contribution is -2.16. The van der Waals surface area contributed by atoms with Crippen molar-refractivity contribution in [3.8, 4) is 0 Å². The van der Waals surface area contributed by atoms with Crippen LogP contribution in [0.5, 0.6) is 0 Å². The van der Waals surface area contributed by atoms with Crippen LogP contribution < -0.4 is 5.32 Å². The summed E-state index contributed by atoms with van der Waals surface area (Å²) in [4.78, 5) is 2.24. The Kier molecular flexibility index (Phi) is 3.96. The van der Waals surface area contributed by atoms with Crippen molar-refractivity contribution < 1.29 is 4.52 Å². The molecule has 0 atom stereocenters. The second-order valence-electron chi connectivity index (χ2n) is 5.24. The van der Waals surface area contributed by atoms with Crippen LogP contribution in [-0.2, 0) is 19.6 Å². The van der Waals surface area contributed by atoms with Crippen molar-refractivity contribution in [3.63, 3.8) is 0 Å². The molecule has 1 aliphatic rings. The van der Waals surface area contributed by atoms with Crippen molar-refractivity contribution in [2.24, 2.45) is 0 Å². The summed E-state index contributed by atoms with van der Waals surface area (Å²) in [7, 11) is 2.10. The van der Waals surface area contributed by atoms with Crippen molar-refractivity contribution in [2.75, 3.05) is 7.05 Å². The number of hydrogen-bond acceptors (Lipinski definition) is 5. The highest BCUT2D eigenvalue weighted by Gasteiger charge is 2.20. The van der Waals surface area contributed by atoms with E-state index in [1.807, 2.05) is 0 Å². The number of rotatable bonds is 7. The molecule has 19 heavy (non-hydrogen) atoms. The van der Waals surface area contributed by atoms with E-state index in [4.69, 9.17) is 4.52 Å². The fourth-order valence-electron chi connectivity index (χ4n) is 2.07. The van der Waals surface area contributed by atoms with Gasteiger partial charge in [-0.25, -0.2) is 0 Å². The smallest absolute Gasteiger partial charge is 0.151 e. The molecule has 3 rings (SSSR count). The highest BCUT2D eigenvalue weighted by Crippen LogP contribution is 2.19. The van der Waals surface area contributed by atoms with Gasteiger partial charge < -0.3 is 9.84 Å². The molecular weight excluding hydrogens is 258 g/mol. The SMILES string of the molecule is CN(Cc1ccsc1)Cc1cc(CNC2CC2)no1. The molecule has 5 heteroatoms. The predicted molar refractivity (Wildman–Crippen MR) is 75.9 cm³/mol. The quantitative estimate of drug-likeness (QED) is 0.844. The van der Waals surface area contributed by atoms with Gasteiger partial charge in [0.1, 0.15) is 0 Å². The average Bonchev–Trinajstić information content (AvgIpc) is 2.88. The zero-order chi connectivity index (χ0) is 13.1. The summed E-state index contributed by atoms with van der Waals surface area (Å²) in [6.45, 7) is 2.56. The summed E-state index contributed by atoms with van der Waals surface area (Å²) < 4.78 is 5.38. The zero-order valence-corrected chi connectivity index (χ0v) is 11.9. The molecule has 2 heterocycles. The Labute approximate surface area is 117 Å². The number of thiophene rings is 1. The third-order valence-electron chi connectivity index (χ3n) is 3.22. The first-order chi connectivity index (χ1) is 9.29. The average molecular weight is 277 g/mol. The molecule has 1 N–H and O–H groups in total. The second-order valence-corrected chi connectivity index (χ2v) is 6.02. The molecule has 0 saturated heterocycles. The van der Waals surface area contributed by atoms with E-state index >= 15 is 0 Å². The van der Waals surface area contributed by atoms with E-state index in [1.165, 1.54) is 18.4 Å². The van der Waals surface area contributed by atoms with Gasteiger partial charge in [0.25, 0.3) is 0 Å². The van der Waals surface area contributed by atoms with Gasteiger partial charge in [0.05, 0.1) is 12.2 Å². The Hall–Kier alpha value is -1.17. The number of aromatic nitrogens is 1. The van der Waals surface area contributed by atoms with Crippen molar-refractivity contribution in [3.05, 3.63) is 39.9 Å². The van der Waals surface area contributed by atoms with Gasteiger partial charge in [-0.2, -0.15) is 11.3 Å². The normalized spacial score (nSPS) is 15.3. The summed E-state index contributed by atoms with van der Waals surface area (Å²) >= 11 is 1.74. The third kappa shape index (κ3) is 3.89. The summed E-state index contributed by atoms with van der Waals surface area (Å²) in [6.07, 6.45) is 2.60. The van der Waals surface area contributed by atoms with Crippen LogP contribution >= 0.6 is 11.3 Å². The van der Waals surface area contributed by atoms with E-state index in [-0.39, 0.29) is 0 Å². The maximum absolute atomic E-state index is 5.38. The molecule has 0 unspecified atom stereocenters. The van der Waals surface area contributed by atoms with Gasteiger partial charge in [-0.3, -0.25) is 4.90 Å². The van der Waals surface area contributed by atoms with E-state index in [2.05, 4.69) is 45.3 Å². The van der Waals surface area contributed by atoms with Gasteiger partial charge in [-0.15, -0.1) is 0 Å². The molecular formula is C14H19N3OS. The Morgan fingerprint density at radius 3 is 3.11 bits per heavy atom. The molecule has 2 aromatic rings. The van der Waals surface area contributed by atoms with Crippen LogP contribution in [0.15, 0.2) is 27.4 Å². The number of nitrogens with one attached hydrogen (secondary N) is 1. The summed E-state index contributed by atoms with van der Waals surface area (Å²) in [5, 5.41) is 11.8. The molecule has 0 amide bonds. The monoisotopic (exact) mass is 277 g/mol. The third-order valence-corrected chi connectivity index (χ3v) is 3.95. The zero-order valence-electron chi connectivity index (χ0n) is 11.1. The molecule has 1 aliphatic carbocycles. The van der Waals surface area contributed by atoms with E-state index in [0.29, 0.717) is 6.04 Å². The van der Waals surface area contributed by atoms with Crippen LogP contribution in [-0.4, -0.2) is 23.1 Å². The van der Waals surface area contributed by atoms with Crippen LogP contribution in [0.4, 0.5) is 0 Å². The highest BCUT2D eigenvalue weighted by atomic mass is 32.1. The van der Waals surface area contributed by atoms with E-state index in [1.54, 1.807) is 11.3 Å². The van der Waals surface area contributed by atoms with Gasteiger partial charge in [0, 0.05) is 25.2 Å². The van der Waals surface area contributed by atoms with E-state index in [9.17, 15) is 0 Å². The fraction of sp³-hybridized carbons (Fsp3) is 0.500. The van der Waals surface area contributed by atoms with Crippen LogP contribution in [0.1, 0.15) is 29.9 Å². The van der Waals surface area contributed by atoms with Crippen molar-refractivity contribution in [1.29, 1.82) is 0 Å². The van der Waals surface area contributed by atoms with Gasteiger partial charge >= 0.3 is 0 Å². The number of nitrogens with zero attached hydrogens (tertiary/aromatic N) is 2. The molecule has 0 aliphatic heterocycles. The van der Waals surface area contributed by atoms with Crippen LogP contribution in [0, 0.1) is 0 Å². The summed E-state index contributed by atoms with van der Waals surface area (Å²) in [6, 6.07) is 4.92. The van der Waals surface area contributed by atoms with E-state index < -0.39 is 0 Å². The van der Waals surface area contributed by atoms with Crippen LogP contribution in [0.3, 0.4) is 0 Å². The Morgan fingerprint density at radius 1 is 1.47 bits per heavy atom. The van der Waals surface area contributed by atoms with E-state index in [0.717, 1.165) is 31.1 Å². The molecule has 0 aromatic carbocycles. The maximum atomic E-state index is 5.38. The molecule has 4 nitrogen and oxygen atoms in total. The lowest BCUT2D eigenvalue weighted by Gasteiger charge is -2.13. The van der Waals surface area contributed by atoms with Gasteiger partial charge in [0.2, 0.25) is 0 Å². The minimum atomic E-state index is 0.710. The Balaban J connectivity index is 1.48. The first-order valence-electron chi connectivity index (χ1n) is 6.67. The second kappa shape index (κ2) is 5.86. The highest BCUT2D eigenvalue weighted by molar-refractivity contribution is 7.07. The standard InChI is InChI=1S/C14H19N3OS/c1-17(8-11-4-5-19-10-11)9-14-6-13(16-18-14)7-15-12-2-3-12/h4-6,10,12,15H,2-3,7-9H2,1H3. The maximum Gasteiger partial charge on any atom is 0.151 e. The molecule has 1 fully saturated rings. The molecule has 1 saturated carbocycles. The minimum Gasteiger partial charge on any atom is -0.360 e. The molecule has 2 aromatic heterocycles. The first-order valence-corrected chi connectivity index (χ1v) is 7.61. The lowest BCUT2D eigenvalue weighted by atomic mass is 10.3. The largest absolute Gasteiger partial charge is 0.360 e. The summed E-state index contributed by atoms with van der Waals surface area (Å²) in [5.74, 6) is 0.935. The molecule has 0 bridgehead atoms. The summed E-state index contributed by atoms with van der Waals surface area (Å²) in [5.41, 5.74) is 2.36. The molecule has 0 spiro atoms. The minimum absolute atomic E-state index is 0.710. The topological polar surface area (TPSA) is 41.3 Å². The fourth-order valence-corrected chi connectivity index (χ4v) is 2.73. The van der Waals surface area contributed by atoms with Crippen LogP contribution in [0.2, 0.25) is 0 Å². The first kappa shape index (κ1) is 12.8. The Bertz CT molecular complexity index is 505. The lowest BCUT2D eigenvalue weighted by molar-refractivity contribution is 0.265. The number of hydrogen-bond donors (Lipinski definition) is 1. The molecule has 0 radical (unpaired) electrons. The predicted octanol–water partition coefficient (Wildman–Crippen LogP) is 2.62. The van der Waals surface area contributed by atoms with Gasteiger partial charge in [-0.05, 0) is 42.3 Å². The van der Waals surface area contributed by atoms with Crippen molar-refractivity contribution in [1.82, 2.24) is 15.4 Å². The van der Waals surface area contributed by atoms with Gasteiger partial charge in [-0.1, -0.05) is 5.16 Å². The van der Waals surface area contributed by atoms with Gasteiger partial charge in [0.15, 0.2) is 5.76 Å². The van der Waals surface area contributed by atoms with Crippen molar-refractivity contribution >= 4 is 11.3 Å².